The fourth-order valence-corrected chi connectivity index (χ4v) is 2.39. The standard InChI is InChI=1S/C17H25N3O2/c1-17(2,3)13-5-7-14(8-6-13)18-15(21)16(22)20-11-9-19(4)10-12-20/h5-8H,9-12H2,1-4H3,(H,18,21). The highest BCUT2D eigenvalue weighted by Crippen LogP contribution is 2.23. The zero-order chi connectivity index (χ0) is 16.3. The summed E-state index contributed by atoms with van der Waals surface area (Å²) >= 11 is 0. The largest absolute Gasteiger partial charge is 0.332 e. The first kappa shape index (κ1) is 16.5. The Morgan fingerprint density at radius 2 is 1.55 bits per heavy atom. The number of nitrogens with one attached hydrogen (secondary N) is 1. The summed E-state index contributed by atoms with van der Waals surface area (Å²) in [6, 6.07) is 7.65. The van der Waals surface area contributed by atoms with Crippen LogP contribution in [-0.4, -0.2) is 54.8 Å². The van der Waals surface area contributed by atoms with Crippen molar-refractivity contribution in [2.24, 2.45) is 0 Å². The molecule has 0 unspecified atom stereocenters. The Balaban J connectivity index is 1.95. The molecule has 5 nitrogen and oxygen atoms in total. The Morgan fingerprint density at radius 3 is 2.05 bits per heavy atom. The predicted octanol–water partition coefficient (Wildman–Crippen LogP) is 1.70. The minimum Gasteiger partial charge on any atom is -0.332 e. The topological polar surface area (TPSA) is 52.7 Å². The second kappa shape index (κ2) is 6.48. The van der Waals surface area contributed by atoms with E-state index in [0.29, 0.717) is 18.8 Å². The Bertz CT molecular complexity index is 538. The van der Waals surface area contributed by atoms with Crippen LogP contribution in [0.1, 0.15) is 26.3 Å². The van der Waals surface area contributed by atoms with E-state index in [2.05, 4.69) is 31.0 Å². The summed E-state index contributed by atoms with van der Waals surface area (Å²) < 4.78 is 0. The van der Waals surface area contributed by atoms with Gasteiger partial charge in [0.15, 0.2) is 0 Å². The average molecular weight is 303 g/mol. The normalized spacial score (nSPS) is 16.5. The summed E-state index contributed by atoms with van der Waals surface area (Å²) in [5, 5.41) is 2.69. The Morgan fingerprint density at radius 1 is 1.00 bits per heavy atom. The molecule has 1 aliphatic heterocycles. The van der Waals surface area contributed by atoms with E-state index in [-0.39, 0.29) is 5.41 Å². The molecule has 1 saturated heterocycles. The van der Waals surface area contributed by atoms with E-state index in [1.807, 2.05) is 31.3 Å². The molecule has 2 amide bonds. The van der Waals surface area contributed by atoms with Gasteiger partial charge in [0.2, 0.25) is 0 Å². The third kappa shape index (κ3) is 4.07. The molecule has 1 aromatic carbocycles. The van der Waals surface area contributed by atoms with Gasteiger partial charge in [-0.3, -0.25) is 9.59 Å². The molecule has 0 spiro atoms. The van der Waals surface area contributed by atoms with Gasteiger partial charge in [-0.15, -0.1) is 0 Å². The average Bonchev–Trinajstić information content (AvgIpc) is 2.47. The number of nitrogens with zero attached hydrogens (tertiary/aromatic N) is 2. The van der Waals surface area contributed by atoms with Crippen LogP contribution in [0.3, 0.4) is 0 Å². The van der Waals surface area contributed by atoms with Crippen LogP contribution < -0.4 is 5.32 Å². The van der Waals surface area contributed by atoms with Gasteiger partial charge >= 0.3 is 11.8 Å². The molecule has 5 heteroatoms. The molecule has 0 saturated carbocycles. The molecule has 1 heterocycles. The van der Waals surface area contributed by atoms with Crippen molar-refractivity contribution in [3.05, 3.63) is 29.8 Å². The maximum atomic E-state index is 12.1. The summed E-state index contributed by atoms with van der Waals surface area (Å²) in [5.41, 5.74) is 1.91. The van der Waals surface area contributed by atoms with Gasteiger partial charge in [0.1, 0.15) is 0 Å². The van der Waals surface area contributed by atoms with Crippen molar-refractivity contribution in [3.8, 4) is 0 Å². The summed E-state index contributed by atoms with van der Waals surface area (Å²) in [7, 11) is 2.01. The molecule has 2 rings (SSSR count). The van der Waals surface area contributed by atoms with Crippen molar-refractivity contribution in [1.29, 1.82) is 0 Å². The van der Waals surface area contributed by atoms with Gasteiger partial charge in [0, 0.05) is 31.9 Å². The number of benzene rings is 1. The van der Waals surface area contributed by atoms with Crippen molar-refractivity contribution in [3.63, 3.8) is 0 Å². The maximum absolute atomic E-state index is 12.1. The maximum Gasteiger partial charge on any atom is 0.313 e. The molecule has 1 aliphatic rings. The molecule has 1 aromatic rings. The fourth-order valence-electron chi connectivity index (χ4n) is 2.39. The highest BCUT2D eigenvalue weighted by molar-refractivity contribution is 6.39. The lowest BCUT2D eigenvalue weighted by Crippen LogP contribution is -2.50. The van der Waals surface area contributed by atoms with Gasteiger partial charge in [0.25, 0.3) is 0 Å². The zero-order valence-corrected chi connectivity index (χ0v) is 13.8. The quantitative estimate of drug-likeness (QED) is 0.803. The minimum absolute atomic E-state index is 0.0676. The number of carbonyl (C=O) groups excluding carboxylic acids is 2. The summed E-state index contributed by atoms with van der Waals surface area (Å²) in [6.45, 7) is 9.22. The third-order valence-electron chi connectivity index (χ3n) is 3.99. The fraction of sp³-hybridized carbons (Fsp3) is 0.529. The van der Waals surface area contributed by atoms with Gasteiger partial charge in [-0.25, -0.2) is 0 Å². The molecular formula is C17H25N3O2. The first-order valence-corrected chi connectivity index (χ1v) is 7.67. The smallest absolute Gasteiger partial charge is 0.313 e. The zero-order valence-electron chi connectivity index (χ0n) is 13.8. The molecule has 0 aliphatic carbocycles. The van der Waals surface area contributed by atoms with Crippen LogP contribution in [0.2, 0.25) is 0 Å². The molecule has 0 bridgehead atoms. The van der Waals surface area contributed by atoms with Gasteiger partial charge in [-0.1, -0.05) is 32.9 Å². The van der Waals surface area contributed by atoms with E-state index in [0.717, 1.165) is 13.1 Å². The van der Waals surface area contributed by atoms with Crippen LogP contribution in [0.5, 0.6) is 0 Å². The van der Waals surface area contributed by atoms with Gasteiger partial charge < -0.3 is 15.1 Å². The van der Waals surface area contributed by atoms with Crippen molar-refractivity contribution in [2.75, 3.05) is 38.5 Å². The van der Waals surface area contributed by atoms with E-state index >= 15 is 0 Å². The molecular weight excluding hydrogens is 278 g/mol. The molecule has 0 atom stereocenters. The van der Waals surface area contributed by atoms with Crippen molar-refractivity contribution in [1.82, 2.24) is 9.80 Å². The second-order valence-corrected chi connectivity index (χ2v) is 6.88. The first-order valence-electron chi connectivity index (χ1n) is 7.67. The number of rotatable bonds is 1. The number of amides is 2. The molecule has 22 heavy (non-hydrogen) atoms. The van der Waals surface area contributed by atoms with Crippen LogP contribution in [0.25, 0.3) is 0 Å². The Labute approximate surface area is 132 Å². The van der Waals surface area contributed by atoms with Gasteiger partial charge in [-0.2, -0.15) is 0 Å². The van der Waals surface area contributed by atoms with E-state index in [1.54, 1.807) is 4.90 Å². The van der Waals surface area contributed by atoms with Crippen molar-refractivity contribution < 1.29 is 9.59 Å². The lowest BCUT2D eigenvalue weighted by Gasteiger charge is -2.31. The summed E-state index contributed by atoms with van der Waals surface area (Å²) in [4.78, 5) is 27.9. The lowest BCUT2D eigenvalue weighted by atomic mass is 9.87. The lowest BCUT2D eigenvalue weighted by molar-refractivity contribution is -0.144. The van der Waals surface area contributed by atoms with Crippen molar-refractivity contribution >= 4 is 17.5 Å². The minimum atomic E-state index is -0.562. The van der Waals surface area contributed by atoms with E-state index < -0.39 is 11.8 Å². The van der Waals surface area contributed by atoms with E-state index in [4.69, 9.17) is 0 Å². The molecule has 0 aromatic heterocycles. The molecule has 1 N–H and O–H groups in total. The number of carbonyl (C=O) groups is 2. The van der Waals surface area contributed by atoms with Crippen LogP contribution in [-0.2, 0) is 15.0 Å². The van der Waals surface area contributed by atoms with Gasteiger partial charge in [0.05, 0.1) is 0 Å². The SMILES string of the molecule is CN1CCN(C(=O)C(=O)Nc2ccc(C(C)(C)C)cc2)CC1. The number of hydrogen-bond acceptors (Lipinski definition) is 3. The summed E-state index contributed by atoms with van der Waals surface area (Å²) in [6.07, 6.45) is 0. The highest BCUT2D eigenvalue weighted by Gasteiger charge is 2.25. The number of anilines is 1. The van der Waals surface area contributed by atoms with Crippen LogP contribution in [0.4, 0.5) is 5.69 Å². The summed E-state index contributed by atoms with van der Waals surface area (Å²) in [5.74, 6) is -1.01. The highest BCUT2D eigenvalue weighted by atomic mass is 16.2. The van der Waals surface area contributed by atoms with Crippen LogP contribution in [0.15, 0.2) is 24.3 Å². The van der Waals surface area contributed by atoms with Crippen molar-refractivity contribution in [2.45, 2.75) is 26.2 Å². The monoisotopic (exact) mass is 303 g/mol. The third-order valence-corrected chi connectivity index (χ3v) is 3.99. The Kier molecular flexibility index (Phi) is 4.86. The molecule has 0 radical (unpaired) electrons. The van der Waals surface area contributed by atoms with E-state index in [9.17, 15) is 9.59 Å². The number of likely N-dealkylation sites (N-methyl/N-ethyl adjacent to an activating group) is 1. The Hall–Kier alpha value is -1.88. The number of piperazine rings is 1. The predicted molar refractivity (Wildman–Crippen MR) is 87.8 cm³/mol. The first-order chi connectivity index (χ1) is 10.3. The second-order valence-electron chi connectivity index (χ2n) is 6.88. The van der Waals surface area contributed by atoms with Crippen LogP contribution in [0, 0.1) is 0 Å². The molecule has 120 valence electrons. The van der Waals surface area contributed by atoms with Crippen LogP contribution >= 0.6 is 0 Å². The number of hydrogen-bond donors (Lipinski definition) is 1. The van der Waals surface area contributed by atoms with Gasteiger partial charge in [-0.05, 0) is 30.2 Å². The molecule has 1 fully saturated rings. The van der Waals surface area contributed by atoms with E-state index in [1.165, 1.54) is 5.56 Å².